The van der Waals surface area contributed by atoms with Crippen molar-refractivity contribution in [1.82, 2.24) is 9.78 Å². The van der Waals surface area contributed by atoms with E-state index < -0.39 is 16.2 Å². The van der Waals surface area contributed by atoms with Crippen LogP contribution in [0.2, 0.25) is 0 Å². The topological polar surface area (TPSA) is 114 Å². The van der Waals surface area contributed by atoms with E-state index in [1.165, 1.54) is 6.26 Å². The molecule has 0 unspecified atom stereocenters. The van der Waals surface area contributed by atoms with Gasteiger partial charge in [0.1, 0.15) is 0 Å². The zero-order chi connectivity index (χ0) is 16.5. The van der Waals surface area contributed by atoms with Gasteiger partial charge in [-0.3, -0.25) is 4.68 Å². The highest BCUT2D eigenvalue weighted by Gasteiger charge is 2.11. The number of thiol groups is 1. The van der Waals surface area contributed by atoms with Crippen LogP contribution < -0.4 is 5.73 Å². The largest absolute Gasteiger partial charge is 0.463 e. The number of nitrogens with zero attached hydrogens (tertiary/aromatic N) is 3. The van der Waals surface area contributed by atoms with Gasteiger partial charge >= 0.3 is 6.09 Å². The van der Waals surface area contributed by atoms with Crippen molar-refractivity contribution in [2.45, 2.75) is 25.3 Å². The first kappa shape index (κ1) is 16.2. The molecule has 1 aromatic heterocycles. The Hall–Kier alpha value is -2.19. The minimum atomic E-state index is -2.98. The molecule has 0 saturated carbocycles. The van der Waals surface area contributed by atoms with E-state index in [-0.39, 0.29) is 0 Å². The number of hydrogen-bond acceptors (Lipinski definition) is 3. The fourth-order valence-electron chi connectivity index (χ4n) is 2.15. The van der Waals surface area contributed by atoms with E-state index in [9.17, 15) is 9.35 Å². The third-order valence-corrected chi connectivity index (χ3v) is 5.31. The Morgan fingerprint density at radius 2 is 1.95 bits per heavy atom. The SMILES string of the molecule is Cc1nn(Cc2ccc([SH](C)(O)=NC(=O)O)cc2)c(C)c1N. The Labute approximate surface area is 129 Å². The molecule has 2 aromatic rings. The Bertz CT molecular complexity index is 759. The van der Waals surface area contributed by atoms with Crippen LogP contribution in [0, 0.1) is 13.8 Å². The molecule has 7 nitrogen and oxygen atoms in total. The molecule has 1 heterocycles. The van der Waals surface area contributed by atoms with Crippen LogP contribution in [0.15, 0.2) is 33.5 Å². The average molecular weight is 324 g/mol. The fourth-order valence-corrected chi connectivity index (χ4v) is 3.31. The summed E-state index contributed by atoms with van der Waals surface area (Å²) < 4.78 is 15.3. The number of hydrogen-bond donors (Lipinski definition) is 4. The molecule has 2 rings (SSSR count). The zero-order valence-electron chi connectivity index (χ0n) is 12.7. The lowest BCUT2D eigenvalue weighted by atomic mass is 10.2. The normalized spacial score (nSPS) is 12.2. The number of nitrogen functional groups attached to an aromatic ring is 1. The Balaban J connectivity index is 2.26. The number of benzene rings is 1. The molecule has 4 N–H and O–H groups in total. The van der Waals surface area contributed by atoms with Gasteiger partial charge in [0.05, 0.1) is 23.6 Å². The van der Waals surface area contributed by atoms with Crippen LogP contribution in [0.4, 0.5) is 10.5 Å². The van der Waals surface area contributed by atoms with Gasteiger partial charge in [-0.1, -0.05) is 22.2 Å². The second-order valence-corrected chi connectivity index (χ2v) is 7.75. The summed E-state index contributed by atoms with van der Waals surface area (Å²) in [4.78, 5) is 11.2. The van der Waals surface area contributed by atoms with Crippen molar-refractivity contribution in [3.05, 3.63) is 41.2 Å². The lowest BCUT2D eigenvalue weighted by Crippen LogP contribution is -2.11. The number of nitrogens with two attached hydrogens (primary N) is 1. The van der Waals surface area contributed by atoms with Crippen LogP contribution in [0.3, 0.4) is 0 Å². The molecule has 0 bridgehead atoms. The molecular weight excluding hydrogens is 304 g/mol. The third-order valence-electron chi connectivity index (χ3n) is 3.48. The van der Waals surface area contributed by atoms with Gasteiger partial charge < -0.3 is 15.4 Å². The molecule has 0 saturated heterocycles. The second kappa shape index (κ2) is 5.90. The lowest BCUT2D eigenvalue weighted by molar-refractivity contribution is 0.206. The van der Waals surface area contributed by atoms with Gasteiger partial charge in [-0.25, -0.2) is 4.79 Å². The summed E-state index contributed by atoms with van der Waals surface area (Å²) >= 11 is 0. The van der Waals surface area contributed by atoms with E-state index in [4.69, 9.17) is 10.8 Å². The molecule has 120 valence electrons. The van der Waals surface area contributed by atoms with Crippen LogP contribution in [0.25, 0.3) is 0 Å². The molecule has 1 aromatic carbocycles. The number of anilines is 1. The van der Waals surface area contributed by atoms with E-state index >= 15 is 0 Å². The smallest absolute Gasteiger partial charge is 0.437 e. The molecular formula is C14H20N4O3S. The monoisotopic (exact) mass is 324 g/mol. The molecule has 0 aliphatic rings. The van der Waals surface area contributed by atoms with Crippen molar-refractivity contribution in [3.63, 3.8) is 0 Å². The third kappa shape index (κ3) is 3.34. The summed E-state index contributed by atoms with van der Waals surface area (Å²) in [7, 11) is -2.98. The predicted molar refractivity (Wildman–Crippen MR) is 87.7 cm³/mol. The maximum atomic E-state index is 10.6. The standard InChI is InChI=1S/C14H20N4O3S/c1-9-13(15)10(2)18(16-9)8-11-4-6-12(7-5-11)22(3,21)17-14(19)20/h4-7,22H,8,15H2,1-3H3,(H,17,21)(H,19,20). The summed E-state index contributed by atoms with van der Waals surface area (Å²) in [6, 6.07) is 7.05. The summed E-state index contributed by atoms with van der Waals surface area (Å²) in [6.45, 7) is 4.32. The predicted octanol–water partition coefficient (Wildman–Crippen LogP) is 2.34. The maximum absolute atomic E-state index is 10.6. The van der Waals surface area contributed by atoms with Crippen LogP contribution in [-0.4, -0.2) is 31.8 Å². The first-order valence-corrected chi connectivity index (χ1v) is 8.79. The first-order valence-electron chi connectivity index (χ1n) is 6.65. The van der Waals surface area contributed by atoms with E-state index in [2.05, 4.69) is 9.46 Å². The van der Waals surface area contributed by atoms with Crippen LogP contribution in [0.5, 0.6) is 0 Å². The Morgan fingerprint density at radius 1 is 1.36 bits per heavy atom. The fraction of sp³-hybridized carbons (Fsp3) is 0.286. The van der Waals surface area contributed by atoms with E-state index in [1.54, 1.807) is 12.1 Å². The van der Waals surface area contributed by atoms with Gasteiger partial charge in [0.2, 0.25) is 0 Å². The molecule has 0 spiro atoms. The van der Waals surface area contributed by atoms with E-state index in [1.807, 2.05) is 30.7 Å². The van der Waals surface area contributed by atoms with Crippen molar-refractivity contribution < 1.29 is 14.5 Å². The van der Waals surface area contributed by atoms with Crippen molar-refractivity contribution in [2.24, 2.45) is 4.36 Å². The molecule has 1 amide bonds. The maximum Gasteiger partial charge on any atom is 0.437 e. The number of amides is 1. The van der Waals surface area contributed by atoms with Gasteiger partial charge in [-0.15, -0.1) is 4.36 Å². The van der Waals surface area contributed by atoms with Crippen LogP contribution in [0.1, 0.15) is 17.0 Å². The lowest BCUT2D eigenvalue weighted by Gasteiger charge is -2.17. The van der Waals surface area contributed by atoms with Crippen LogP contribution >= 0.6 is 0 Å². The average Bonchev–Trinajstić information content (AvgIpc) is 2.66. The van der Waals surface area contributed by atoms with Gasteiger partial charge in [-0.2, -0.15) is 5.10 Å². The molecule has 22 heavy (non-hydrogen) atoms. The van der Waals surface area contributed by atoms with Gasteiger partial charge in [0, 0.05) is 4.90 Å². The highest BCUT2D eigenvalue weighted by atomic mass is 32.3. The number of carbonyl (C=O) groups is 1. The Kier molecular flexibility index (Phi) is 4.34. The van der Waals surface area contributed by atoms with Crippen molar-refractivity contribution in [1.29, 1.82) is 0 Å². The van der Waals surface area contributed by atoms with E-state index in [0.29, 0.717) is 17.1 Å². The summed E-state index contributed by atoms with van der Waals surface area (Å²) in [5.41, 5.74) is 9.27. The first-order chi connectivity index (χ1) is 10.2. The number of aryl methyl sites for hydroxylation is 1. The van der Waals surface area contributed by atoms with Crippen LogP contribution in [-0.2, 0) is 16.7 Å². The molecule has 0 atom stereocenters. The zero-order valence-corrected chi connectivity index (χ0v) is 13.6. The highest BCUT2D eigenvalue weighted by molar-refractivity contribution is 7.99. The van der Waals surface area contributed by atoms with Crippen molar-refractivity contribution in [2.75, 3.05) is 12.0 Å². The van der Waals surface area contributed by atoms with Crippen molar-refractivity contribution >= 4 is 21.9 Å². The molecule has 0 aliphatic heterocycles. The number of rotatable bonds is 3. The summed E-state index contributed by atoms with van der Waals surface area (Å²) in [6.07, 6.45) is 0.0817. The molecule has 0 radical (unpaired) electrons. The highest BCUT2D eigenvalue weighted by Crippen LogP contribution is 2.20. The van der Waals surface area contributed by atoms with Gasteiger partial charge in [0.25, 0.3) is 0 Å². The Morgan fingerprint density at radius 3 is 2.41 bits per heavy atom. The molecule has 0 fully saturated rings. The van der Waals surface area contributed by atoms with Crippen molar-refractivity contribution in [3.8, 4) is 0 Å². The summed E-state index contributed by atoms with van der Waals surface area (Å²) in [5, 5.41) is 13.1. The minimum absolute atomic E-state index is 0.520. The molecule has 0 aliphatic carbocycles. The summed E-state index contributed by atoms with van der Waals surface area (Å²) in [5.74, 6) is 0. The number of carboxylic acid groups (broad SMARTS) is 1. The number of aromatic nitrogens is 2. The van der Waals surface area contributed by atoms with Gasteiger partial charge in [0.15, 0.2) is 0 Å². The van der Waals surface area contributed by atoms with E-state index in [0.717, 1.165) is 17.0 Å². The second-order valence-electron chi connectivity index (χ2n) is 5.20. The minimum Gasteiger partial charge on any atom is -0.463 e. The molecule has 8 heteroatoms. The van der Waals surface area contributed by atoms with Gasteiger partial charge in [-0.05, 0) is 37.8 Å². The quantitative estimate of drug-likeness (QED) is 0.647.